The molecule has 7 aromatic carbocycles. The van der Waals surface area contributed by atoms with E-state index in [2.05, 4.69) is 176 Å². The molecule has 8 rings (SSSR count). The summed E-state index contributed by atoms with van der Waals surface area (Å²) in [5.74, 6) is 0. The van der Waals surface area contributed by atoms with Gasteiger partial charge in [-0.2, -0.15) is 0 Å². The van der Waals surface area contributed by atoms with Crippen LogP contribution in [-0.4, -0.2) is 4.57 Å². The highest BCUT2D eigenvalue weighted by molar-refractivity contribution is 6.10. The molecule has 0 saturated heterocycles. The molecule has 46 heavy (non-hydrogen) atoms. The van der Waals surface area contributed by atoms with E-state index in [-0.39, 0.29) is 0 Å². The van der Waals surface area contributed by atoms with Crippen LogP contribution in [0.1, 0.15) is 11.1 Å². The Bertz CT molecular complexity index is 2410. The zero-order valence-corrected chi connectivity index (χ0v) is 25.8. The number of benzene rings is 7. The molecule has 1 heteroatoms. The fourth-order valence-corrected chi connectivity index (χ4v) is 6.87. The summed E-state index contributed by atoms with van der Waals surface area (Å²) in [5, 5.41) is 5.03. The van der Waals surface area contributed by atoms with Crippen molar-refractivity contribution >= 4 is 38.7 Å². The average molecular weight is 588 g/mol. The maximum Gasteiger partial charge on any atom is 0.0541 e. The van der Waals surface area contributed by atoms with Gasteiger partial charge in [-0.15, -0.1) is 0 Å². The third-order valence-corrected chi connectivity index (χ3v) is 9.11. The van der Waals surface area contributed by atoms with Crippen molar-refractivity contribution in [2.24, 2.45) is 0 Å². The van der Waals surface area contributed by atoms with Crippen molar-refractivity contribution in [2.45, 2.75) is 6.92 Å². The van der Waals surface area contributed by atoms with E-state index in [1.54, 1.807) is 0 Å². The zero-order chi connectivity index (χ0) is 31.0. The highest BCUT2D eigenvalue weighted by Gasteiger charge is 2.14. The van der Waals surface area contributed by atoms with Gasteiger partial charge in [0, 0.05) is 16.5 Å². The first-order valence-electron chi connectivity index (χ1n) is 15.8. The summed E-state index contributed by atoms with van der Waals surface area (Å²) in [6.45, 7) is 6.11. The van der Waals surface area contributed by atoms with Gasteiger partial charge in [-0.05, 0) is 98.6 Å². The molecule has 0 bridgehead atoms. The van der Waals surface area contributed by atoms with Crippen molar-refractivity contribution < 1.29 is 0 Å². The van der Waals surface area contributed by atoms with Crippen molar-refractivity contribution in [3.8, 4) is 39.1 Å². The summed E-state index contributed by atoms with van der Waals surface area (Å²) in [6.07, 6.45) is 6.05. The summed E-state index contributed by atoms with van der Waals surface area (Å²) >= 11 is 0. The Labute approximate surface area is 270 Å². The van der Waals surface area contributed by atoms with Crippen molar-refractivity contribution in [2.75, 3.05) is 0 Å². The number of para-hydroxylation sites is 2. The van der Waals surface area contributed by atoms with Crippen LogP contribution in [0.15, 0.2) is 170 Å². The van der Waals surface area contributed by atoms with E-state index >= 15 is 0 Å². The monoisotopic (exact) mass is 587 g/mol. The lowest BCUT2D eigenvalue weighted by Crippen LogP contribution is -1.92. The highest BCUT2D eigenvalue weighted by Crippen LogP contribution is 2.38. The predicted molar refractivity (Wildman–Crippen MR) is 199 cm³/mol. The molecule has 0 radical (unpaired) electrons. The first-order valence-corrected chi connectivity index (χ1v) is 15.8. The van der Waals surface area contributed by atoms with Crippen LogP contribution in [0.2, 0.25) is 0 Å². The number of hydrogen-bond donors (Lipinski definition) is 0. The van der Waals surface area contributed by atoms with Gasteiger partial charge in [0.2, 0.25) is 0 Å². The number of rotatable bonds is 6. The molecule has 0 aliphatic rings. The summed E-state index contributed by atoms with van der Waals surface area (Å²) in [4.78, 5) is 0. The Balaban J connectivity index is 1.23. The Kier molecular flexibility index (Phi) is 6.93. The van der Waals surface area contributed by atoms with E-state index < -0.39 is 0 Å². The molecule has 0 fully saturated rings. The third-order valence-electron chi connectivity index (χ3n) is 9.11. The van der Waals surface area contributed by atoms with Gasteiger partial charge >= 0.3 is 0 Å². The van der Waals surface area contributed by atoms with Crippen LogP contribution in [0.3, 0.4) is 0 Å². The van der Waals surface area contributed by atoms with Crippen molar-refractivity contribution in [1.82, 2.24) is 4.57 Å². The van der Waals surface area contributed by atoms with Crippen LogP contribution < -0.4 is 0 Å². The van der Waals surface area contributed by atoms with Gasteiger partial charge in [-0.3, -0.25) is 0 Å². The zero-order valence-electron chi connectivity index (χ0n) is 25.8. The van der Waals surface area contributed by atoms with E-state index in [1.165, 1.54) is 82.8 Å². The molecule has 0 unspecified atom stereocenters. The van der Waals surface area contributed by atoms with E-state index in [1.807, 2.05) is 12.2 Å². The lowest BCUT2D eigenvalue weighted by Gasteiger charge is -2.15. The second kappa shape index (κ2) is 11.5. The molecular weight excluding hydrogens is 555 g/mol. The maximum absolute atomic E-state index is 3.91. The van der Waals surface area contributed by atoms with E-state index in [0.29, 0.717) is 0 Å². The van der Waals surface area contributed by atoms with Gasteiger partial charge in [0.25, 0.3) is 0 Å². The predicted octanol–water partition coefficient (Wildman–Crippen LogP) is 12.4. The lowest BCUT2D eigenvalue weighted by molar-refractivity contribution is 1.18. The number of allylic oxidation sites excluding steroid dienone is 2. The quantitative estimate of drug-likeness (QED) is 0.171. The summed E-state index contributed by atoms with van der Waals surface area (Å²) in [5.41, 5.74) is 13.4. The van der Waals surface area contributed by atoms with E-state index in [0.717, 1.165) is 0 Å². The number of fused-ring (bicyclic) bond motifs is 4. The minimum absolute atomic E-state index is 1.18. The van der Waals surface area contributed by atoms with Gasteiger partial charge in [0.1, 0.15) is 0 Å². The standard InChI is InChI=1S/C45H33N/c1-3-4-17-38-31(2)28-41(39-26-24-35(29-42(38)39)32-13-7-5-8-14-32)34-22-20-33(21-23-34)36-25-27-45-43(30-36)40-18-11-12-19-44(40)46(45)37-15-9-6-10-16-37/h3-30H,1H2,2H3/b17-4-. The molecule has 0 saturated carbocycles. The van der Waals surface area contributed by atoms with Crippen molar-refractivity contribution in [3.63, 3.8) is 0 Å². The van der Waals surface area contributed by atoms with Gasteiger partial charge in [-0.25, -0.2) is 0 Å². The number of nitrogens with zero attached hydrogens (tertiary/aromatic N) is 1. The summed E-state index contributed by atoms with van der Waals surface area (Å²) in [7, 11) is 0. The van der Waals surface area contributed by atoms with Crippen LogP contribution in [0, 0.1) is 6.92 Å². The lowest BCUT2D eigenvalue weighted by atomic mass is 9.89. The largest absolute Gasteiger partial charge is 0.309 e. The fraction of sp³-hybridized carbons (Fsp3) is 0.0222. The molecule has 8 aromatic rings. The molecule has 0 spiro atoms. The number of hydrogen-bond acceptors (Lipinski definition) is 0. The molecule has 1 heterocycles. The SMILES string of the molecule is C=C/C=C\c1c(C)cc(-c2ccc(-c3ccc4c(c3)c3ccccc3n4-c3ccccc3)cc2)c2ccc(-c3ccccc3)cc12. The third kappa shape index (κ3) is 4.74. The number of aromatic nitrogens is 1. The summed E-state index contributed by atoms with van der Waals surface area (Å²) in [6, 6.07) is 55.0. The van der Waals surface area contributed by atoms with Gasteiger partial charge < -0.3 is 4.57 Å². The van der Waals surface area contributed by atoms with Crippen LogP contribution in [0.25, 0.3) is 77.7 Å². The van der Waals surface area contributed by atoms with Crippen LogP contribution >= 0.6 is 0 Å². The van der Waals surface area contributed by atoms with Gasteiger partial charge in [0.15, 0.2) is 0 Å². The second-order valence-electron chi connectivity index (χ2n) is 11.9. The van der Waals surface area contributed by atoms with Crippen LogP contribution in [0.4, 0.5) is 0 Å². The first kappa shape index (κ1) is 27.6. The molecule has 0 N–H and O–H groups in total. The Morgan fingerprint density at radius 3 is 1.83 bits per heavy atom. The van der Waals surface area contributed by atoms with Crippen molar-refractivity contribution in [3.05, 3.63) is 182 Å². The molecule has 1 nitrogen and oxygen atoms in total. The van der Waals surface area contributed by atoms with Gasteiger partial charge in [0.05, 0.1) is 11.0 Å². The Morgan fingerprint density at radius 1 is 0.478 bits per heavy atom. The molecule has 0 amide bonds. The number of aryl methyl sites for hydroxylation is 1. The molecule has 218 valence electrons. The summed E-state index contributed by atoms with van der Waals surface area (Å²) < 4.78 is 2.36. The van der Waals surface area contributed by atoms with Gasteiger partial charge in [-0.1, -0.05) is 140 Å². The first-order chi connectivity index (χ1) is 22.7. The Hall–Kier alpha value is -5.92. The minimum Gasteiger partial charge on any atom is -0.309 e. The molecule has 0 aliphatic heterocycles. The Morgan fingerprint density at radius 2 is 1.07 bits per heavy atom. The molecule has 0 aliphatic carbocycles. The molecular formula is C45H33N. The minimum atomic E-state index is 1.18. The average Bonchev–Trinajstić information content (AvgIpc) is 3.45. The normalized spacial score (nSPS) is 11.6. The molecule has 1 aromatic heterocycles. The topological polar surface area (TPSA) is 4.93 Å². The van der Waals surface area contributed by atoms with Crippen LogP contribution in [0.5, 0.6) is 0 Å². The highest BCUT2D eigenvalue weighted by atomic mass is 15.0. The van der Waals surface area contributed by atoms with Crippen molar-refractivity contribution in [1.29, 1.82) is 0 Å². The van der Waals surface area contributed by atoms with Crippen LogP contribution in [-0.2, 0) is 0 Å². The fourth-order valence-electron chi connectivity index (χ4n) is 6.87. The molecule has 0 atom stereocenters. The second-order valence-corrected chi connectivity index (χ2v) is 11.9. The maximum atomic E-state index is 3.91. The smallest absolute Gasteiger partial charge is 0.0541 e. The van der Waals surface area contributed by atoms with E-state index in [4.69, 9.17) is 0 Å². The van der Waals surface area contributed by atoms with E-state index in [9.17, 15) is 0 Å².